The second-order valence-electron chi connectivity index (χ2n) is 6.90. The highest BCUT2D eigenvalue weighted by Gasteiger charge is 2.35. The van der Waals surface area contributed by atoms with Gasteiger partial charge in [0.25, 0.3) is 5.69 Å². The van der Waals surface area contributed by atoms with E-state index in [1.807, 2.05) is 30.3 Å². The average molecular weight is 510 g/mol. The zero-order valence-electron chi connectivity index (χ0n) is 17.6. The van der Waals surface area contributed by atoms with Gasteiger partial charge in [-0.3, -0.25) is 10.1 Å². The number of non-ortho nitro benzene ring substituents is 1. The van der Waals surface area contributed by atoms with Gasteiger partial charge in [0, 0.05) is 23.4 Å². The first-order chi connectivity index (χ1) is 16.1. The third kappa shape index (κ3) is 6.29. The highest BCUT2D eigenvalue weighted by molar-refractivity contribution is 7.80. The molecule has 2 N–H and O–H groups in total. The van der Waals surface area contributed by atoms with E-state index in [0.29, 0.717) is 17.5 Å². The van der Waals surface area contributed by atoms with Gasteiger partial charge in [0.15, 0.2) is 5.11 Å². The number of nitro groups is 1. The maximum Gasteiger partial charge on any atom is 0.418 e. The van der Waals surface area contributed by atoms with Crippen LogP contribution >= 0.6 is 23.6 Å². The number of hydrogen-bond acceptors (Lipinski definition) is 6. The number of thiophene rings is 1. The van der Waals surface area contributed by atoms with Crippen LogP contribution in [-0.4, -0.2) is 22.6 Å². The van der Waals surface area contributed by atoms with Crippen molar-refractivity contribution in [1.82, 2.24) is 0 Å². The van der Waals surface area contributed by atoms with Crippen LogP contribution in [0, 0.1) is 10.1 Å². The topological polar surface area (TPSA) is 93.5 Å². The number of carbonyl (C=O) groups is 1. The number of benzene rings is 2. The predicted molar refractivity (Wildman–Crippen MR) is 127 cm³/mol. The molecule has 0 spiro atoms. The van der Waals surface area contributed by atoms with Crippen LogP contribution in [0.15, 0.2) is 54.6 Å². The summed E-state index contributed by atoms with van der Waals surface area (Å²) in [6.07, 6.45) is -4.33. The molecule has 0 aliphatic carbocycles. The molecule has 7 nitrogen and oxygen atoms in total. The van der Waals surface area contributed by atoms with Crippen molar-refractivity contribution in [3.05, 3.63) is 86.3 Å². The lowest BCUT2D eigenvalue weighted by Gasteiger charge is -2.15. The van der Waals surface area contributed by atoms with Crippen molar-refractivity contribution in [2.45, 2.75) is 19.5 Å². The van der Waals surface area contributed by atoms with E-state index >= 15 is 0 Å². The van der Waals surface area contributed by atoms with E-state index < -0.39 is 34.0 Å². The van der Waals surface area contributed by atoms with E-state index in [0.717, 1.165) is 22.6 Å². The summed E-state index contributed by atoms with van der Waals surface area (Å²) in [4.78, 5) is 23.2. The number of nitro benzene ring substituents is 1. The average Bonchev–Trinajstić information content (AvgIpc) is 3.15. The van der Waals surface area contributed by atoms with Crippen LogP contribution < -0.4 is 10.6 Å². The molecule has 0 amide bonds. The summed E-state index contributed by atoms with van der Waals surface area (Å²) in [5.41, 5.74) is -1.21. The number of hydrogen-bond donors (Lipinski definition) is 2. The van der Waals surface area contributed by atoms with Gasteiger partial charge in [-0.15, -0.1) is 11.3 Å². The fraction of sp³-hybridized carbons (Fsp3) is 0.182. The molecule has 0 atom stereocenters. The van der Waals surface area contributed by atoms with Gasteiger partial charge in [0.1, 0.15) is 5.00 Å². The highest BCUT2D eigenvalue weighted by Crippen LogP contribution is 2.37. The molecule has 0 bridgehead atoms. The molecular formula is C22H18F3N3O4S2. The monoisotopic (exact) mass is 509 g/mol. The Morgan fingerprint density at radius 2 is 1.85 bits per heavy atom. The number of alkyl halides is 3. The lowest BCUT2D eigenvalue weighted by molar-refractivity contribution is -0.385. The minimum atomic E-state index is -4.86. The fourth-order valence-corrected chi connectivity index (χ4v) is 4.39. The van der Waals surface area contributed by atoms with Gasteiger partial charge in [0.05, 0.1) is 28.3 Å². The zero-order valence-corrected chi connectivity index (χ0v) is 19.3. The minimum Gasteiger partial charge on any atom is -0.462 e. The van der Waals surface area contributed by atoms with E-state index in [1.165, 1.54) is 11.3 Å². The van der Waals surface area contributed by atoms with E-state index in [-0.39, 0.29) is 17.3 Å². The normalized spacial score (nSPS) is 11.1. The van der Waals surface area contributed by atoms with Crippen molar-refractivity contribution in [2.24, 2.45) is 0 Å². The van der Waals surface area contributed by atoms with Gasteiger partial charge in [-0.2, -0.15) is 13.2 Å². The Morgan fingerprint density at radius 3 is 2.47 bits per heavy atom. The number of nitrogens with zero attached hydrogens (tertiary/aromatic N) is 1. The first-order valence-corrected chi connectivity index (χ1v) is 11.1. The molecule has 2 aromatic carbocycles. The van der Waals surface area contributed by atoms with Crippen molar-refractivity contribution < 1.29 is 27.6 Å². The number of halogens is 3. The molecule has 1 aromatic heterocycles. The summed E-state index contributed by atoms with van der Waals surface area (Å²) >= 11 is 6.38. The molecule has 34 heavy (non-hydrogen) atoms. The van der Waals surface area contributed by atoms with Gasteiger partial charge >= 0.3 is 12.1 Å². The Labute approximate surface area is 201 Å². The van der Waals surface area contributed by atoms with Crippen molar-refractivity contribution in [3.8, 4) is 0 Å². The van der Waals surface area contributed by atoms with Crippen molar-refractivity contribution in [1.29, 1.82) is 0 Å². The standard InChI is InChI=1S/C22H18F3N3O4S2/c1-2-32-20(29)16-12-15(10-13-6-4-3-5-7-13)34-19(16)27-21(33)26-18-9-8-14(28(30)31)11-17(18)22(23,24)25/h3-9,11-12H,2,10H2,1H3,(H2,26,27,33). The van der Waals surface area contributed by atoms with E-state index in [9.17, 15) is 28.1 Å². The first-order valence-electron chi connectivity index (χ1n) is 9.86. The third-order valence-electron chi connectivity index (χ3n) is 4.49. The smallest absolute Gasteiger partial charge is 0.418 e. The van der Waals surface area contributed by atoms with Gasteiger partial charge in [0.2, 0.25) is 0 Å². The van der Waals surface area contributed by atoms with Crippen LogP contribution in [0.5, 0.6) is 0 Å². The molecule has 3 aromatic rings. The van der Waals surface area contributed by atoms with Crippen molar-refractivity contribution >= 4 is 51.0 Å². The van der Waals surface area contributed by atoms with Gasteiger partial charge in [-0.1, -0.05) is 30.3 Å². The van der Waals surface area contributed by atoms with Crippen LogP contribution in [0.25, 0.3) is 0 Å². The van der Waals surface area contributed by atoms with E-state index in [2.05, 4.69) is 10.6 Å². The Bertz CT molecular complexity index is 1210. The molecule has 0 saturated heterocycles. The molecule has 3 rings (SSSR count). The largest absolute Gasteiger partial charge is 0.462 e. The Balaban J connectivity index is 1.86. The second kappa shape index (κ2) is 10.6. The van der Waals surface area contributed by atoms with Crippen LogP contribution in [0.2, 0.25) is 0 Å². The molecule has 0 unspecified atom stereocenters. The number of esters is 1. The van der Waals surface area contributed by atoms with Crippen molar-refractivity contribution in [2.75, 3.05) is 17.2 Å². The van der Waals surface area contributed by atoms with Crippen molar-refractivity contribution in [3.63, 3.8) is 0 Å². The molecular weight excluding hydrogens is 491 g/mol. The third-order valence-corrected chi connectivity index (χ3v) is 5.75. The maximum atomic E-state index is 13.4. The zero-order chi connectivity index (χ0) is 24.9. The van der Waals surface area contributed by atoms with Gasteiger partial charge in [-0.05, 0) is 36.8 Å². The van der Waals surface area contributed by atoms with Crippen LogP contribution in [0.3, 0.4) is 0 Å². The first kappa shape index (κ1) is 25.1. The van der Waals surface area contributed by atoms with E-state index in [1.54, 1.807) is 13.0 Å². The lowest BCUT2D eigenvalue weighted by atomic mass is 10.1. The number of ether oxygens (including phenoxy) is 1. The Morgan fingerprint density at radius 1 is 1.15 bits per heavy atom. The number of thiocarbonyl (C=S) groups is 1. The van der Waals surface area contributed by atoms with Crippen LogP contribution in [0.4, 0.5) is 29.5 Å². The Hall–Kier alpha value is -3.51. The number of anilines is 2. The summed E-state index contributed by atoms with van der Waals surface area (Å²) in [6, 6.07) is 13.4. The highest BCUT2D eigenvalue weighted by atomic mass is 32.1. The minimum absolute atomic E-state index is 0.141. The summed E-state index contributed by atoms with van der Waals surface area (Å²) < 4.78 is 45.4. The molecule has 1 heterocycles. The molecule has 0 aliphatic rings. The molecule has 0 saturated carbocycles. The van der Waals surface area contributed by atoms with Gasteiger partial charge in [-0.25, -0.2) is 4.79 Å². The predicted octanol–water partition coefficient (Wildman–Crippen LogP) is 6.25. The van der Waals surface area contributed by atoms with Gasteiger partial charge < -0.3 is 15.4 Å². The maximum absolute atomic E-state index is 13.4. The SMILES string of the molecule is CCOC(=O)c1cc(Cc2ccccc2)sc1NC(=S)Nc1ccc([N+](=O)[O-])cc1C(F)(F)F. The molecule has 12 heteroatoms. The summed E-state index contributed by atoms with van der Waals surface area (Å²) in [5, 5.41) is 16.1. The van der Waals surface area contributed by atoms with Crippen LogP contribution in [0.1, 0.15) is 33.3 Å². The fourth-order valence-electron chi connectivity index (χ4n) is 3.03. The van der Waals surface area contributed by atoms with Crippen LogP contribution in [-0.2, 0) is 17.3 Å². The summed E-state index contributed by atoms with van der Waals surface area (Å²) in [6.45, 7) is 1.80. The number of carbonyl (C=O) groups excluding carboxylic acids is 1. The lowest BCUT2D eigenvalue weighted by Crippen LogP contribution is -2.22. The summed E-state index contributed by atoms with van der Waals surface area (Å²) in [5.74, 6) is -0.602. The van der Waals surface area contributed by atoms with E-state index in [4.69, 9.17) is 17.0 Å². The number of nitrogens with one attached hydrogen (secondary N) is 2. The number of rotatable bonds is 7. The summed E-state index contributed by atoms with van der Waals surface area (Å²) in [7, 11) is 0. The molecule has 0 fully saturated rings. The second-order valence-corrected chi connectivity index (χ2v) is 8.45. The molecule has 0 aliphatic heterocycles. The quantitative estimate of drug-likeness (QED) is 0.168. The Kier molecular flexibility index (Phi) is 7.84. The molecule has 178 valence electrons. The molecule has 0 radical (unpaired) electrons.